The third-order valence-corrected chi connectivity index (χ3v) is 0.785. The van der Waals surface area contributed by atoms with Crippen LogP contribution in [0.4, 0.5) is 4.79 Å². The van der Waals surface area contributed by atoms with Crippen molar-refractivity contribution >= 4 is 19.0 Å². The number of carbonyl (C=O) groups excluding carboxylic acids is 1. The highest BCUT2D eigenvalue weighted by atomic mass is 32.1. The highest BCUT2D eigenvalue weighted by Gasteiger charge is 2.02. The molecule has 0 unspecified atom stereocenters. The molecule has 0 heterocycles. The Morgan fingerprint density at radius 3 is 2.73 bits per heavy atom. The largest absolute Gasteiger partial charge is 0.448 e. The van der Waals surface area contributed by atoms with Crippen LogP contribution in [0, 0.1) is 5.92 Å². The average Bonchev–Trinajstić information content (AvgIpc) is 1.97. The summed E-state index contributed by atoms with van der Waals surface area (Å²) in [5, 5.41) is 0. The molecule has 0 aliphatic carbocycles. The first-order valence-electron chi connectivity index (χ1n) is 3.06. The van der Waals surface area contributed by atoms with Gasteiger partial charge in [0.15, 0.2) is 0 Å². The van der Waals surface area contributed by atoms with E-state index in [1.807, 2.05) is 19.3 Å². The first-order valence-corrected chi connectivity index (χ1v) is 3.43. The quantitative estimate of drug-likeness (QED) is 0.295. The van der Waals surface area contributed by atoms with Gasteiger partial charge in [-0.25, -0.2) is 4.79 Å². The number of thiol groups is 1. The molecule has 0 aromatic heterocycles. The lowest BCUT2D eigenvalue weighted by Crippen LogP contribution is -2.24. The summed E-state index contributed by atoms with van der Waals surface area (Å²) in [7, 11) is 0. The summed E-state index contributed by atoms with van der Waals surface area (Å²) in [5.74, 6) is 0.290. The minimum Gasteiger partial charge on any atom is -0.448 e. The Morgan fingerprint density at radius 2 is 2.27 bits per heavy atom. The second-order valence-electron chi connectivity index (χ2n) is 2.25. The summed E-state index contributed by atoms with van der Waals surface area (Å²) in [6.45, 7) is 4.17. The summed E-state index contributed by atoms with van der Waals surface area (Å²) in [5.41, 5.74) is 1.83. The molecule has 0 aliphatic rings. The van der Waals surface area contributed by atoms with Crippen molar-refractivity contribution in [2.75, 3.05) is 6.61 Å². The Hall–Kier alpha value is -0.460. The van der Waals surface area contributed by atoms with Crippen molar-refractivity contribution in [2.45, 2.75) is 13.8 Å². The van der Waals surface area contributed by atoms with E-state index < -0.39 is 6.09 Å². The molecule has 1 amide bonds. The molecule has 0 aliphatic heterocycles. The van der Waals surface area contributed by atoms with Crippen LogP contribution < -0.4 is 5.48 Å². The average molecular weight is 181 g/mol. The van der Waals surface area contributed by atoms with E-state index in [0.29, 0.717) is 6.61 Å². The van der Waals surface area contributed by atoms with E-state index in [4.69, 9.17) is 0 Å². The first-order chi connectivity index (χ1) is 5.16. The molecular formula is C5H11NO4S. The van der Waals surface area contributed by atoms with Crippen LogP contribution in [0.1, 0.15) is 13.8 Å². The van der Waals surface area contributed by atoms with Gasteiger partial charge in [0.1, 0.15) is 0 Å². The van der Waals surface area contributed by atoms with Crippen molar-refractivity contribution in [3.63, 3.8) is 0 Å². The molecular weight excluding hydrogens is 170 g/mol. The molecule has 0 saturated carbocycles. The highest BCUT2D eigenvalue weighted by Crippen LogP contribution is 1.92. The summed E-state index contributed by atoms with van der Waals surface area (Å²) < 4.78 is 8.42. The fourth-order valence-corrected chi connectivity index (χ4v) is 0.362. The van der Waals surface area contributed by atoms with Gasteiger partial charge in [0.05, 0.1) is 6.61 Å². The lowest BCUT2D eigenvalue weighted by molar-refractivity contribution is -0.231. The molecule has 0 fully saturated rings. The molecule has 0 radical (unpaired) electrons. The van der Waals surface area contributed by atoms with Gasteiger partial charge in [-0.1, -0.05) is 18.8 Å². The fraction of sp³-hybridized carbons (Fsp3) is 0.800. The summed E-state index contributed by atoms with van der Waals surface area (Å²) in [6, 6.07) is 0. The van der Waals surface area contributed by atoms with Gasteiger partial charge in [-0.05, 0) is 5.92 Å². The van der Waals surface area contributed by atoms with Gasteiger partial charge in [-0.2, -0.15) is 5.48 Å². The van der Waals surface area contributed by atoms with E-state index in [0.717, 1.165) is 0 Å². The van der Waals surface area contributed by atoms with Crippen molar-refractivity contribution in [3.8, 4) is 0 Å². The third kappa shape index (κ3) is 7.44. The molecule has 1 N–H and O–H groups in total. The number of hydrogen-bond donors (Lipinski definition) is 2. The Morgan fingerprint density at radius 1 is 1.64 bits per heavy atom. The number of rotatable bonds is 4. The second-order valence-corrected chi connectivity index (χ2v) is 2.40. The van der Waals surface area contributed by atoms with Crippen molar-refractivity contribution < 1.29 is 18.9 Å². The van der Waals surface area contributed by atoms with Crippen LogP contribution >= 0.6 is 12.9 Å². The Bertz CT molecular complexity index is 119. The number of hydrogen-bond acceptors (Lipinski definition) is 5. The maximum Gasteiger partial charge on any atom is 0.433 e. The zero-order valence-electron chi connectivity index (χ0n) is 6.36. The van der Waals surface area contributed by atoms with Crippen LogP contribution in [-0.4, -0.2) is 12.7 Å². The van der Waals surface area contributed by atoms with Crippen LogP contribution in [0.25, 0.3) is 0 Å². The maximum absolute atomic E-state index is 10.5. The summed E-state index contributed by atoms with van der Waals surface area (Å²) >= 11 is 3.21. The molecule has 0 rings (SSSR count). The molecule has 0 aromatic carbocycles. The van der Waals surface area contributed by atoms with Gasteiger partial charge in [0.2, 0.25) is 0 Å². The first kappa shape index (κ1) is 10.5. The van der Waals surface area contributed by atoms with E-state index in [2.05, 4.69) is 27.0 Å². The number of amides is 1. The number of ether oxygens (including phenoxy) is 1. The van der Waals surface area contributed by atoms with E-state index in [-0.39, 0.29) is 5.92 Å². The fourth-order valence-electron chi connectivity index (χ4n) is 0.324. The van der Waals surface area contributed by atoms with E-state index >= 15 is 0 Å². The molecule has 11 heavy (non-hydrogen) atoms. The number of hydroxylamine groups is 1. The number of nitrogens with one attached hydrogen (secondary N) is 1. The van der Waals surface area contributed by atoms with Gasteiger partial charge in [0, 0.05) is 12.9 Å². The second kappa shape index (κ2) is 6.26. The molecule has 0 atom stereocenters. The van der Waals surface area contributed by atoms with Crippen LogP contribution in [-0.2, 0) is 14.1 Å². The van der Waals surface area contributed by atoms with E-state index in [1.54, 1.807) is 0 Å². The van der Waals surface area contributed by atoms with Crippen molar-refractivity contribution in [3.05, 3.63) is 0 Å². The predicted octanol–water partition coefficient (Wildman–Crippen LogP) is 1.08. The van der Waals surface area contributed by atoms with Crippen molar-refractivity contribution in [2.24, 2.45) is 5.92 Å². The van der Waals surface area contributed by atoms with Crippen LogP contribution in [0.3, 0.4) is 0 Å². The lowest BCUT2D eigenvalue weighted by Gasteiger charge is -2.05. The zero-order valence-corrected chi connectivity index (χ0v) is 7.26. The predicted molar refractivity (Wildman–Crippen MR) is 40.5 cm³/mol. The van der Waals surface area contributed by atoms with Crippen LogP contribution in [0.2, 0.25) is 0 Å². The van der Waals surface area contributed by atoms with Gasteiger partial charge in [-0.3, -0.25) is 0 Å². The smallest absolute Gasteiger partial charge is 0.433 e. The zero-order chi connectivity index (χ0) is 8.69. The monoisotopic (exact) mass is 181 g/mol. The van der Waals surface area contributed by atoms with E-state index in [1.165, 1.54) is 0 Å². The van der Waals surface area contributed by atoms with Gasteiger partial charge < -0.3 is 4.74 Å². The maximum atomic E-state index is 10.5. The molecule has 6 heteroatoms. The molecule has 0 aromatic rings. The number of carbonyl (C=O) groups is 1. The van der Waals surface area contributed by atoms with Crippen molar-refractivity contribution in [1.29, 1.82) is 0 Å². The standard InChI is InChI=1S/C5H11NO4S/c1-4(2)3-8-5(7)6-9-10-11/h4,11H,3H2,1-2H3,(H,6,7). The SMILES string of the molecule is CC(C)COC(=O)NOOS. The van der Waals surface area contributed by atoms with Crippen molar-refractivity contribution in [1.82, 2.24) is 5.48 Å². The molecule has 0 saturated heterocycles. The topological polar surface area (TPSA) is 56.8 Å². The third-order valence-electron chi connectivity index (χ3n) is 0.710. The molecule has 0 bridgehead atoms. The van der Waals surface area contributed by atoms with Gasteiger partial charge in [0.25, 0.3) is 0 Å². The van der Waals surface area contributed by atoms with Gasteiger partial charge >= 0.3 is 6.09 Å². The molecule has 0 spiro atoms. The van der Waals surface area contributed by atoms with Gasteiger partial charge in [-0.15, -0.1) is 4.33 Å². The van der Waals surface area contributed by atoms with Crippen LogP contribution in [0.15, 0.2) is 0 Å². The highest BCUT2D eigenvalue weighted by molar-refractivity contribution is 7.74. The normalized spacial score (nSPS) is 9.82. The lowest BCUT2D eigenvalue weighted by atomic mass is 10.2. The Kier molecular flexibility index (Phi) is 6.00. The molecule has 66 valence electrons. The minimum atomic E-state index is -0.701. The minimum absolute atomic E-state index is 0.290. The van der Waals surface area contributed by atoms with E-state index in [9.17, 15) is 4.79 Å². The Balaban J connectivity index is 3.23. The summed E-state index contributed by atoms with van der Waals surface area (Å²) in [4.78, 5) is 14.5. The Labute approximate surface area is 70.5 Å². The molecule has 5 nitrogen and oxygen atoms in total. The van der Waals surface area contributed by atoms with Crippen LogP contribution in [0.5, 0.6) is 0 Å². The summed E-state index contributed by atoms with van der Waals surface area (Å²) in [6.07, 6.45) is -0.701.